The Hall–Kier alpha value is -3.73. The topological polar surface area (TPSA) is 122 Å². The molecule has 2 heterocycles. The van der Waals surface area contributed by atoms with E-state index in [1.807, 2.05) is 0 Å². The summed E-state index contributed by atoms with van der Waals surface area (Å²) in [4.78, 5) is 49.6. The molecule has 0 N–H and O–H groups in total. The van der Waals surface area contributed by atoms with E-state index in [4.69, 9.17) is 18.6 Å². The minimum atomic E-state index is -1.02. The lowest BCUT2D eigenvalue weighted by atomic mass is 10.1. The third-order valence-corrected chi connectivity index (χ3v) is 5.63. The molecule has 11 heteroatoms. The maximum absolute atomic E-state index is 12.7. The summed E-state index contributed by atoms with van der Waals surface area (Å²) in [5.74, 6) is -0.550. The fraction of sp³-hybridized carbons (Fsp3) is 0.304. The fourth-order valence-corrected chi connectivity index (χ4v) is 3.95. The number of esters is 2. The van der Waals surface area contributed by atoms with Crippen LogP contribution in [0.25, 0.3) is 6.08 Å². The average Bonchev–Trinajstić information content (AvgIpc) is 3.41. The Labute approximate surface area is 199 Å². The molecule has 34 heavy (non-hydrogen) atoms. The maximum atomic E-state index is 12.7. The van der Waals surface area contributed by atoms with Gasteiger partial charge in [-0.25, -0.2) is 9.59 Å². The molecule has 0 radical (unpaired) electrons. The van der Waals surface area contributed by atoms with Gasteiger partial charge in [-0.05, 0) is 61.5 Å². The molecule has 1 saturated heterocycles. The molecule has 0 aliphatic carbocycles. The average molecular weight is 490 g/mol. The van der Waals surface area contributed by atoms with E-state index in [2.05, 4.69) is 4.74 Å². The Morgan fingerprint density at radius 2 is 1.91 bits per heavy atom. The standard InChI is InChI=1S/C23H23NO9S/c1-5-31-21(26)13(2)24-20(25)19(34-23(24)28)11-14-6-8-16(18(10-14)29-3)32-12-15-7-9-17(33-15)22(27)30-4/h6-11,13H,5,12H2,1-4H3. The molecule has 0 saturated carbocycles. The van der Waals surface area contributed by atoms with Crippen LogP contribution < -0.4 is 9.47 Å². The highest BCUT2D eigenvalue weighted by Crippen LogP contribution is 2.36. The first-order valence-corrected chi connectivity index (χ1v) is 11.0. The van der Waals surface area contributed by atoms with Crippen molar-refractivity contribution in [2.24, 2.45) is 0 Å². The molecule has 1 fully saturated rings. The number of thioether (sulfide) groups is 1. The number of nitrogens with zero attached hydrogens (tertiary/aromatic N) is 1. The predicted octanol–water partition coefficient (Wildman–Crippen LogP) is 3.64. The molecule has 1 aromatic carbocycles. The zero-order chi connectivity index (χ0) is 24.8. The third-order valence-electron chi connectivity index (χ3n) is 4.74. The molecular formula is C23H23NO9S. The van der Waals surface area contributed by atoms with Crippen molar-refractivity contribution in [3.8, 4) is 11.5 Å². The van der Waals surface area contributed by atoms with E-state index in [9.17, 15) is 19.2 Å². The SMILES string of the molecule is CCOC(=O)C(C)N1C(=O)SC(=Cc2ccc(OCc3ccc(C(=O)OC)o3)c(OC)c2)C1=O. The fourth-order valence-electron chi connectivity index (χ4n) is 3.04. The number of furan rings is 1. The number of benzene rings is 1. The summed E-state index contributed by atoms with van der Waals surface area (Å²) >= 11 is 0.741. The van der Waals surface area contributed by atoms with E-state index >= 15 is 0 Å². The molecule has 1 aliphatic rings. The van der Waals surface area contributed by atoms with Gasteiger partial charge in [0.1, 0.15) is 18.4 Å². The molecule has 180 valence electrons. The Morgan fingerprint density at radius 1 is 1.15 bits per heavy atom. The largest absolute Gasteiger partial charge is 0.493 e. The van der Waals surface area contributed by atoms with Crippen molar-refractivity contribution < 1.29 is 42.5 Å². The molecule has 10 nitrogen and oxygen atoms in total. The highest BCUT2D eigenvalue weighted by Gasteiger charge is 2.41. The number of hydrogen-bond donors (Lipinski definition) is 0. The first-order valence-electron chi connectivity index (χ1n) is 10.2. The van der Waals surface area contributed by atoms with Crippen LogP contribution in [0.1, 0.15) is 35.7 Å². The van der Waals surface area contributed by atoms with Gasteiger partial charge in [0.05, 0.1) is 25.7 Å². The second-order valence-corrected chi connectivity index (χ2v) is 7.93. The van der Waals surface area contributed by atoms with Crippen LogP contribution in [0.2, 0.25) is 0 Å². The van der Waals surface area contributed by atoms with Crippen LogP contribution in [0.15, 0.2) is 39.7 Å². The van der Waals surface area contributed by atoms with E-state index in [0.717, 1.165) is 16.7 Å². The van der Waals surface area contributed by atoms with Crippen molar-refractivity contribution in [3.63, 3.8) is 0 Å². The zero-order valence-electron chi connectivity index (χ0n) is 19.0. The molecule has 1 aromatic heterocycles. The van der Waals surface area contributed by atoms with Crippen LogP contribution in [0.3, 0.4) is 0 Å². The Bertz CT molecular complexity index is 1140. The summed E-state index contributed by atoms with van der Waals surface area (Å²) in [6.07, 6.45) is 1.53. The van der Waals surface area contributed by atoms with Crippen molar-refractivity contribution in [1.29, 1.82) is 0 Å². The van der Waals surface area contributed by atoms with Crippen molar-refractivity contribution in [3.05, 3.63) is 52.3 Å². The molecule has 1 unspecified atom stereocenters. The van der Waals surface area contributed by atoms with Gasteiger partial charge in [-0.15, -0.1) is 0 Å². The predicted molar refractivity (Wildman–Crippen MR) is 121 cm³/mol. The van der Waals surface area contributed by atoms with Crippen molar-refractivity contribution in [1.82, 2.24) is 4.90 Å². The summed E-state index contributed by atoms with van der Waals surface area (Å²) in [5.41, 5.74) is 0.587. The van der Waals surface area contributed by atoms with Crippen LogP contribution in [0.5, 0.6) is 11.5 Å². The molecule has 3 rings (SSSR count). The molecule has 1 atom stereocenters. The van der Waals surface area contributed by atoms with Gasteiger partial charge in [-0.1, -0.05) is 6.07 Å². The second kappa shape index (κ2) is 10.9. The Balaban J connectivity index is 1.73. The summed E-state index contributed by atoms with van der Waals surface area (Å²) < 4.78 is 26.0. The number of carbonyl (C=O) groups excluding carboxylic acids is 4. The number of carbonyl (C=O) groups is 4. The van der Waals surface area contributed by atoms with Gasteiger partial charge < -0.3 is 23.4 Å². The lowest BCUT2D eigenvalue weighted by Crippen LogP contribution is -2.42. The molecule has 2 aromatic rings. The minimum Gasteiger partial charge on any atom is -0.493 e. The number of ether oxygens (including phenoxy) is 4. The number of hydrogen-bond acceptors (Lipinski definition) is 10. The van der Waals surface area contributed by atoms with Crippen LogP contribution >= 0.6 is 11.8 Å². The van der Waals surface area contributed by atoms with E-state index in [0.29, 0.717) is 22.8 Å². The van der Waals surface area contributed by atoms with Gasteiger partial charge in [0.25, 0.3) is 11.1 Å². The quantitative estimate of drug-likeness (QED) is 0.381. The highest BCUT2D eigenvalue weighted by molar-refractivity contribution is 8.18. The Kier molecular flexibility index (Phi) is 8.00. The van der Waals surface area contributed by atoms with Gasteiger partial charge in [0, 0.05) is 0 Å². The number of rotatable bonds is 9. The Morgan fingerprint density at radius 3 is 2.59 bits per heavy atom. The maximum Gasteiger partial charge on any atom is 0.373 e. The van der Waals surface area contributed by atoms with Crippen LogP contribution in [-0.2, 0) is 25.7 Å². The van der Waals surface area contributed by atoms with Gasteiger partial charge >= 0.3 is 11.9 Å². The second-order valence-electron chi connectivity index (χ2n) is 6.94. The van der Waals surface area contributed by atoms with E-state index in [1.165, 1.54) is 33.3 Å². The van der Waals surface area contributed by atoms with Gasteiger partial charge in [0.15, 0.2) is 11.5 Å². The first-order chi connectivity index (χ1) is 16.3. The van der Waals surface area contributed by atoms with Crippen LogP contribution in [-0.4, -0.2) is 54.9 Å². The lowest BCUT2D eigenvalue weighted by Gasteiger charge is -2.19. The van der Waals surface area contributed by atoms with Gasteiger partial charge in [0.2, 0.25) is 5.76 Å². The zero-order valence-corrected chi connectivity index (χ0v) is 19.8. The summed E-state index contributed by atoms with van der Waals surface area (Å²) in [6, 6.07) is 7.02. The number of imide groups is 1. The van der Waals surface area contributed by atoms with Gasteiger partial charge in [-0.3, -0.25) is 14.5 Å². The minimum absolute atomic E-state index is 0.0390. The molecule has 0 spiro atoms. The van der Waals surface area contributed by atoms with E-state index < -0.39 is 29.1 Å². The molecule has 1 aliphatic heterocycles. The normalized spacial score (nSPS) is 15.4. The number of methoxy groups -OCH3 is 2. The first kappa shape index (κ1) is 24.9. The van der Waals surface area contributed by atoms with E-state index in [1.54, 1.807) is 31.2 Å². The summed E-state index contributed by atoms with van der Waals surface area (Å²) in [5, 5.41) is -0.548. The third kappa shape index (κ3) is 5.42. The van der Waals surface area contributed by atoms with Gasteiger partial charge in [-0.2, -0.15) is 0 Å². The van der Waals surface area contributed by atoms with E-state index in [-0.39, 0.29) is 23.9 Å². The van der Waals surface area contributed by atoms with Crippen LogP contribution in [0, 0.1) is 0 Å². The summed E-state index contributed by atoms with van der Waals surface area (Å²) in [6.45, 7) is 3.28. The van der Waals surface area contributed by atoms with Crippen molar-refractivity contribution in [2.75, 3.05) is 20.8 Å². The highest BCUT2D eigenvalue weighted by atomic mass is 32.2. The molecule has 0 bridgehead atoms. The monoisotopic (exact) mass is 489 g/mol. The molecular weight excluding hydrogens is 466 g/mol. The summed E-state index contributed by atoms with van der Waals surface area (Å²) in [7, 11) is 2.72. The molecule has 2 amide bonds. The van der Waals surface area contributed by atoms with Crippen LogP contribution in [0.4, 0.5) is 4.79 Å². The van der Waals surface area contributed by atoms with Crippen molar-refractivity contribution >= 4 is 40.9 Å². The smallest absolute Gasteiger partial charge is 0.373 e. The lowest BCUT2D eigenvalue weighted by molar-refractivity contribution is -0.150. The van der Waals surface area contributed by atoms with Crippen molar-refractivity contribution in [2.45, 2.75) is 26.5 Å². The number of amides is 2.